The zero-order valence-corrected chi connectivity index (χ0v) is 8.53. The number of hydrogen-bond acceptors (Lipinski definition) is 5. The zero-order valence-electron chi connectivity index (χ0n) is 8.53. The van der Waals surface area contributed by atoms with Gasteiger partial charge in [-0.05, 0) is 25.1 Å². The smallest absolute Gasteiger partial charge is 0.342 e. The molecule has 0 saturated heterocycles. The number of benzene rings is 1. The van der Waals surface area contributed by atoms with E-state index < -0.39 is 5.97 Å². The normalized spacial score (nSPS) is 9.93. The largest absolute Gasteiger partial charge is 0.435 e. The lowest BCUT2D eigenvalue weighted by Crippen LogP contribution is -2.11. The first-order chi connectivity index (χ1) is 7.15. The summed E-state index contributed by atoms with van der Waals surface area (Å²) in [6.45, 7) is 2.23. The molecule has 0 atom stereocenters. The summed E-state index contributed by atoms with van der Waals surface area (Å²) >= 11 is 0. The van der Waals surface area contributed by atoms with E-state index in [1.807, 2.05) is 6.92 Å². The number of esters is 1. The van der Waals surface area contributed by atoms with Crippen LogP contribution in [0.5, 0.6) is 0 Å². The van der Waals surface area contributed by atoms with E-state index in [4.69, 9.17) is 20.9 Å². The van der Waals surface area contributed by atoms with E-state index in [1.54, 1.807) is 6.07 Å². The third-order valence-corrected chi connectivity index (χ3v) is 1.77. The minimum Gasteiger partial charge on any atom is -0.435 e. The molecule has 5 nitrogen and oxygen atoms in total. The highest BCUT2D eigenvalue weighted by atomic mass is 16.7. The number of ether oxygens (including phenoxy) is 2. The standard InChI is InChI=1S/C10H14N2O3/c1-2-14-6-15-10(13)8-4-3-7(11)5-9(8)12/h3-5H,2,6,11-12H2,1H3. The summed E-state index contributed by atoms with van der Waals surface area (Å²) in [5, 5.41) is 0. The molecule has 0 heterocycles. The quantitative estimate of drug-likeness (QED) is 0.335. The third kappa shape index (κ3) is 3.14. The topological polar surface area (TPSA) is 87.6 Å². The molecule has 5 heteroatoms. The van der Waals surface area contributed by atoms with Crippen LogP contribution in [-0.2, 0) is 9.47 Å². The summed E-state index contributed by atoms with van der Waals surface area (Å²) in [7, 11) is 0. The summed E-state index contributed by atoms with van der Waals surface area (Å²) < 4.78 is 9.69. The van der Waals surface area contributed by atoms with Gasteiger partial charge in [-0.2, -0.15) is 0 Å². The molecule has 0 fully saturated rings. The summed E-state index contributed by atoms with van der Waals surface area (Å²) in [6.07, 6.45) is 0. The van der Waals surface area contributed by atoms with Gasteiger partial charge in [0.15, 0.2) is 6.79 Å². The highest BCUT2D eigenvalue weighted by Gasteiger charge is 2.10. The maximum absolute atomic E-state index is 11.4. The van der Waals surface area contributed by atoms with E-state index in [-0.39, 0.29) is 6.79 Å². The minimum atomic E-state index is -0.513. The van der Waals surface area contributed by atoms with Crippen molar-refractivity contribution in [1.82, 2.24) is 0 Å². The molecule has 0 bridgehead atoms. The van der Waals surface area contributed by atoms with Gasteiger partial charge in [-0.15, -0.1) is 0 Å². The predicted molar refractivity (Wildman–Crippen MR) is 57.2 cm³/mol. The fraction of sp³-hybridized carbons (Fsp3) is 0.300. The molecule has 0 saturated carbocycles. The lowest BCUT2D eigenvalue weighted by molar-refractivity contribution is -0.0273. The van der Waals surface area contributed by atoms with E-state index in [1.165, 1.54) is 12.1 Å². The second kappa shape index (κ2) is 5.21. The van der Waals surface area contributed by atoms with Crippen molar-refractivity contribution in [2.24, 2.45) is 0 Å². The zero-order chi connectivity index (χ0) is 11.3. The molecule has 1 rings (SSSR count). The Balaban J connectivity index is 2.65. The number of anilines is 2. The molecule has 0 spiro atoms. The Morgan fingerprint density at radius 2 is 2.13 bits per heavy atom. The molecular weight excluding hydrogens is 196 g/mol. The molecule has 0 aliphatic carbocycles. The fourth-order valence-electron chi connectivity index (χ4n) is 1.02. The number of carbonyl (C=O) groups is 1. The first-order valence-electron chi connectivity index (χ1n) is 4.55. The molecule has 0 aliphatic heterocycles. The van der Waals surface area contributed by atoms with Gasteiger partial charge in [-0.3, -0.25) is 0 Å². The van der Waals surface area contributed by atoms with Crippen LogP contribution in [0.4, 0.5) is 11.4 Å². The van der Waals surface area contributed by atoms with E-state index in [9.17, 15) is 4.79 Å². The Hall–Kier alpha value is -1.75. The van der Waals surface area contributed by atoms with Crippen LogP contribution in [0.1, 0.15) is 17.3 Å². The van der Waals surface area contributed by atoms with Crippen LogP contribution in [0.25, 0.3) is 0 Å². The van der Waals surface area contributed by atoms with E-state index in [0.717, 1.165) is 0 Å². The maximum atomic E-state index is 11.4. The van der Waals surface area contributed by atoms with Crippen molar-refractivity contribution >= 4 is 17.3 Å². The van der Waals surface area contributed by atoms with E-state index in [2.05, 4.69) is 0 Å². The lowest BCUT2D eigenvalue weighted by atomic mass is 10.1. The predicted octanol–water partition coefficient (Wildman–Crippen LogP) is 1.00. The Morgan fingerprint density at radius 1 is 1.40 bits per heavy atom. The Bertz CT molecular complexity index is 353. The second-order valence-electron chi connectivity index (χ2n) is 2.89. The van der Waals surface area contributed by atoms with Gasteiger partial charge in [0, 0.05) is 18.0 Å². The Labute approximate surface area is 88.0 Å². The van der Waals surface area contributed by atoms with Crippen molar-refractivity contribution in [1.29, 1.82) is 0 Å². The van der Waals surface area contributed by atoms with Gasteiger partial charge in [-0.25, -0.2) is 4.79 Å². The van der Waals surface area contributed by atoms with Crippen LogP contribution in [0, 0.1) is 0 Å². The van der Waals surface area contributed by atoms with Crippen LogP contribution >= 0.6 is 0 Å². The molecule has 1 aromatic carbocycles. The van der Waals surface area contributed by atoms with Crippen LogP contribution in [0.3, 0.4) is 0 Å². The van der Waals surface area contributed by atoms with Gasteiger partial charge < -0.3 is 20.9 Å². The van der Waals surface area contributed by atoms with Crippen LogP contribution in [0.2, 0.25) is 0 Å². The number of rotatable bonds is 4. The molecular formula is C10H14N2O3. The number of nitrogen functional groups attached to an aromatic ring is 2. The second-order valence-corrected chi connectivity index (χ2v) is 2.89. The van der Waals surface area contributed by atoms with Gasteiger partial charge in [0.05, 0.1) is 5.56 Å². The third-order valence-electron chi connectivity index (χ3n) is 1.77. The highest BCUT2D eigenvalue weighted by Crippen LogP contribution is 2.16. The van der Waals surface area contributed by atoms with Crippen molar-refractivity contribution in [3.8, 4) is 0 Å². The van der Waals surface area contributed by atoms with E-state index >= 15 is 0 Å². The summed E-state index contributed by atoms with van der Waals surface area (Å²) in [5.74, 6) is -0.513. The molecule has 0 unspecified atom stereocenters. The molecule has 4 N–H and O–H groups in total. The lowest BCUT2D eigenvalue weighted by Gasteiger charge is -2.07. The van der Waals surface area contributed by atoms with Gasteiger partial charge >= 0.3 is 5.97 Å². The Kier molecular flexibility index (Phi) is 3.93. The SMILES string of the molecule is CCOCOC(=O)c1ccc(N)cc1N. The highest BCUT2D eigenvalue weighted by molar-refractivity contribution is 5.95. The van der Waals surface area contributed by atoms with Crippen molar-refractivity contribution in [2.75, 3.05) is 24.9 Å². The summed E-state index contributed by atoms with van der Waals surface area (Å²) in [5.41, 5.74) is 12.2. The molecule has 1 aromatic rings. The van der Waals surface area contributed by atoms with Crippen molar-refractivity contribution in [3.05, 3.63) is 23.8 Å². The van der Waals surface area contributed by atoms with Gasteiger partial charge in [0.1, 0.15) is 0 Å². The van der Waals surface area contributed by atoms with Crippen molar-refractivity contribution < 1.29 is 14.3 Å². The summed E-state index contributed by atoms with van der Waals surface area (Å²) in [6, 6.07) is 4.63. The summed E-state index contributed by atoms with van der Waals surface area (Å²) in [4.78, 5) is 11.4. The molecule has 15 heavy (non-hydrogen) atoms. The average molecular weight is 210 g/mol. The molecule has 0 aromatic heterocycles. The minimum absolute atomic E-state index is 0.0703. The van der Waals surface area contributed by atoms with Crippen molar-refractivity contribution in [3.63, 3.8) is 0 Å². The van der Waals surface area contributed by atoms with Gasteiger partial charge in [0.25, 0.3) is 0 Å². The first kappa shape index (κ1) is 11.3. The fourth-order valence-corrected chi connectivity index (χ4v) is 1.02. The Morgan fingerprint density at radius 3 is 2.73 bits per heavy atom. The number of hydrogen-bond donors (Lipinski definition) is 2. The van der Waals surface area contributed by atoms with Gasteiger partial charge in [-0.1, -0.05) is 0 Å². The number of carbonyl (C=O) groups excluding carboxylic acids is 1. The van der Waals surface area contributed by atoms with Gasteiger partial charge in [0.2, 0.25) is 0 Å². The number of nitrogens with two attached hydrogens (primary N) is 2. The van der Waals surface area contributed by atoms with Crippen LogP contribution in [-0.4, -0.2) is 19.4 Å². The van der Waals surface area contributed by atoms with E-state index in [0.29, 0.717) is 23.5 Å². The maximum Gasteiger partial charge on any atom is 0.342 e. The average Bonchev–Trinajstić information content (AvgIpc) is 2.17. The first-order valence-corrected chi connectivity index (χ1v) is 4.55. The molecule has 0 aliphatic rings. The van der Waals surface area contributed by atoms with Crippen LogP contribution < -0.4 is 11.5 Å². The van der Waals surface area contributed by atoms with Crippen molar-refractivity contribution in [2.45, 2.75) is 6.92 Å². The molecule has 0 amide bonds. The molecule has 82 valence electrons. The molecule has 0 radical (unpaired) electrons. The monoisotopic (exact) mass is 210 g/mol. The van der Waals surface area contributed by atoms with Crippen LogP contribution in [0.15, 0.2) is 18.2 Å².